The molecule has 0 saturated heterocycles. The number of carbonyl (C=O) groups excluding carboxylic acids is 1. The molecule has 1 heterocycles. The van der Waals surface area contributed by atoms with Crippen LogP contribution in [0.5, 0.6) is 0 Å². The van der Waals surface area contributed by atoms with Gasteiger partial charge in [0.25, 0.3) is 5.91 Å². The quantitative estimate of drug-likeness (QED) is 0.544. The molecule has 3 aromatic rings. The van der Waals surface area contributed by atoms with Crippen molar-refractivity contribution in [2.45, 2.75) is 30.4 Å². The average Bonchev–Trinajstić information content (AvgIpc) is 3.03. The molecule has 0 atom stereocenters. The maximum absolute atomic E-state index is 12.2. The number of hydrogen-bond donors (Lipinski definition) is 1. The Morgan fingerprint density at radius 3 is 2.46 bits per heavy atom. The fourth-order valence-corrected chi connectivity index (χ4v) is 3.38. The molecule has 0 saturated carbocycles. The molecule has 1 amide bonds. The van der Waals surface area contributed by atoms with Crippen LogP contribution in [-0.4, -0.2) is 21.4 Å². The molecule has 0 aliphatic carbocycles. The average molecular weight is 432 g/mol. The highest BCUT2D eigenvalue weighted by atomic mass is 79.9. The van der Waals surface area contributed by atoms with Crippen molar-refractivity contribution in [3.8, 4) is 0 Å². The Bertz CT molecular complexity index is 877. The van der Waals surface area contributed by atoms with Crippen molar-refractivity contribution in [3.05, 3.63) is 70.0 Å². The highest BCUT2D eigenvalue weighted by molar-refractivity contribution is 9.10. The Kier molecular flexibility index (Phi) is 6.11. The van der Waals surface area contributed by atoms with Crippen LogP contribution in [0.1, 0.15) is 35.7 Å². The maximum Gasteiger partial charge on any atom is 0.322 e. The zero-order valence-electron chi connectivity index (χ0n) is 14.4. The molecule has 0 radical (unpaired) electrons. The zero-order valence-corrected chi connectivity index (χ0v) is 16.8. The highest BCUT2D eigenvalue weighted by Gasteiger charge is 2.12. The predicted molar refractivity (Wildman–Crippen MR) is 107 cm³/mol. The SMILES string of the molecule is CC(C)Sc1ccc(Cc2nnc(NC(=O)c3ccc(Br)cc3)o2)cc1. The second-order valence-corrected chi connectivity index (χ2v) is 8.51. The van der Waals surface area contributed by atoms with E-state index in [0.29, 0.717) is 23.1 Å². The van der Waals surface area contributed by atoms with E-state index in [0.717, 1.165) is 10.0 Å². The fraction of sp³-hybridized carbons (Fsp3) is 0.211. The van der Waals surface area contributed by atoms with Gasteiger partial charge in [0.2, 0.25) is 5.89 Å². The molecule has 26 heavy (non-hydrogen) atoms. The molecule has 0 bridgehead atoms. The summed E-state index contributed by atoms with van der Waals surface area (Å²) >= 11 is 5.16. The van der Waals surface area contributed by atoms with Gasteiger partial charge in [-0.25, -0.2) is 0 Å². The number of rotatable bonds is 6. The molecule has 134 valence electrons. The summed E-state index contributed by atoms with van der Waals surface area (Å²) in [5.41, 5.74) is 1.60. The first-order valence-electron chi connectivity index (χ1n) is 8.14. The Labute approximate surface area is 164 Å². The molecule has 0 aliphatic rings. The molecule has 0 unspecified atom stereocenters. The van der Waals surface area contributed by atoms with Crippen LogP contribution in [0, 0.1) is 0 Å². The smallest absolute Gasteiger partial charge is 0.322 e. The summed E-state index contributed by atoms with van der Waals surface area (Å²) in [4.78, 5) is 13.4. The second kappa shape index (κ2) is 8.51. The first-order chi connectivity index (χ1) is 12.5. The summed E-state index contributed by atoms with van der Waals surface area (Å²) in [5, 5.41) is 11.1. The van der Waals surface area contributed by atoms with E-state index in [4.69, 9.17) is 4.42 Å². The molecule has 2 aromatic carbocycles. The minimum atomic E-state index is -0.289. The summed E-state index contributed by atoms with van der Waals surface area (Å²) in [7, 11) is 0. The van der Waals surface area contributed by atoms with Crippen LogP contribution >= 0.6 is 27.7 Å². The Balaban J connectivity index is 1.60. The number of halogens is 1. The van der Waals surface area contributed by atoms with Gasteiger partial charge in [-0.2, -0.15) is 0 Å². The van der Waals surface area contributed by atoms with Crippen LogP contribution in [0.2, 0.25) is 0 Å². The first kappa shape index (κ1) is 18.7. The third-order valence-corrected chi connectivity index (χ3v) is 4.99. The van der Waals surface area contributed by atoms with E-state index in [1.807, 2.05) is 11.8 Å². The van der Waals surface area contributed by atoms with E-state index >= 15 is 0 Å². The Morgan fingerprint density at radius 2 is 1.81 bits per heavy atom. The number of hydrogen-bond acceptors (Lipinski definition) is 5. The van der Waals surface area contributed by atoms with Gasteiger partial charge in [-0.05, 0) is 42.0 Å². The number of nitrogens with zero attached hydrogens (tertiary/aromatic N) is 2. The Hall–Kier alpha value is -2.12. The van der Waals surface area contributed by atoms with E-state index in [9.17, 15) is 4.79 Å². The Morgan fingerprint density at radius 1 is 1.12 bits per heavy atom. The minimum Gasteiger partial charge on any atom is -0.407 e. The lowest BCUT2D eigenvalue weighted by Crippen LogP contribution is -2.11. The standard InChI is InChI=1S/C19H18BrN3O2S/c1-12(2)26-16-9-3-13(4-10-16)11-17-22-23-19(25-17)21-18(24)14-5-7-15(20)8-6-14/h3-10,12H,11H2,1-2H3,(H,21,23,24). The summed E-state index contributed by atoms with van der Waals surface area (Å²) in [6, 6.07) is 15.4. The number of nitrogens with one attached hydrogen (secondary N) is 1. The summed E-state index contributed by atoms with van der Waals surface area (Å²) in [5.74, 6) is 0.170. The number of thioether (sulfide) groups is 1. The molecule has 0 spiro atoms. The van der Waals surface area contributed by atoms with E-state index in [-0.39, 0.29) is 11.9 Å². The number of benzene rings is 2. The van der Waals surface area contributed by atoms with Crippen molar-refractivity contribution in [3.63, 3.8) is 0 Å². The summed E-state index contributed by atoms with van der Waals surface area (Å²) < 4.78 is 6.44. The van der Waals surface area contributed by atoms with Gasteiger partial charge < -0.3 is 4.42 Å². The molecule has 1 aromatic heterocycles. The second-order valence-electron chi connectivity index (χ2n) is 5.95. The van der Waals surface area contributed by atoms with Gasteiger partial charge in [0.05, 0.1) is 6.42 Å². The third-order valence-electron chi connectivity index (χ3n) is 3.44. The van der Waals surface area contributed by atoms with Crippen LogP contribution in [0.4, 0.5) is 6.01 Å². The van der Waals surface area contributed by atoms with Crippen LogP contribution < -0.4 is 5.32 Å². The van der Waals surface area contributed by atoms with Gasteiger partial charge in [0.15, 0.2) is 0 Å². The predicted octanol–water partition coefficient (Wildman–Crippen LogP) is 5.18. The van der Waals surface area contributed by atoms with Crippen molar-refractivity contribution in [2.75, 3.05) is 5.32 Å². The first-order valence-corrected chi connectivity index (χ1v) is 9.82. The fourth-order valence-electron chi connectivity index (χ4n) is 2.28. The summed E-state index contributed by atoms with van der Waals surface area (Å²) in [6.45, 7) is 4.34. The lowest BCUT2D eigenvalue weighted by Gasteiger charge is -2.05. The van der Waals surface area contributed by atoms with Gasteiger partial charge in [-0.3, -0.25) is 10.1 Å². The highest BCUT2D eigenvalue weighted by Crippen LogP contribution is 2.23. The van der Waals surface area contributed by atoms with Crippen LogP contribution in [-0.2, 0) is 6.42 Å². The molecule has 0 fully saturated rings. The van der Waals surface area contributed by atoms with Crippen molar-refractivity contribution < 1.29 is 9.21 Å². The van der Waals surface area contributed by atoms with E-state index < -0.39 is 0 Å². The number of amides is 1. The van der Waals surface area contributed by atoms with E-state index in [2.05, 4.69) is 69.6 Å². The van der Waals surface area contributed by atoms with Crippen LogP contribution in [0.15, 0.2) is 62.3 Å². The van der Waals surface area contributed by atoms with Crippen molar-refractivity contribution >= 4 is 39.6 Å². The van der Waals surface area contributed by atoms with Gasteiger partial charge >= 0.3 is 6.01 Å². The number of aromatic nitrogens is 2. The van der Waals surface area contributed by atoms with Gasteiger partial charge in [-0.15, -0.1) is 16.9 Å². The zero-order chi connectivity index (χ0) is 18.5. The van der Waals surface area contributed by atoms with Crippen LogP contribution in [0.25, 0.3) is 0 Å². The summed E-state index contributed by atoms with van der Waals surface area (Å²) in [6.07, 6.45) is 0.522. The topological polar surface area (TPSA) is 68.0 Å². The minimum absolute atomic E-state index is 0.0971. The van der Waals surface area contributed by atoms with Crippen molar-refractivity contribution in [1.29, 1.82) is 0 Å². The van der Waals surface area contributed by atoms with Gasteiger partial charge in [0.1, 0.15) is 0 Å². The molecular formula is C19H18BrN3O2S. The monoisotopic (exact) mass is 431 g/mol. The molecule has 1 N–H and O–H groups in total. The normalized spacial score (nSPS) is 10.9. The lowest BCUT2D eigenvalue weighted by molar-refractivity contribution is 0.102. The molecule has 3 rings (SSSR count). The van der Waals surface area contributed by atoms with Crippen LogP contribution in [0.3, 0.4) is 0 Å². The van der Waals surface area contributed by atoms with Crippen molar-refractivity contribution in [2.24, 2.45) is 0 Å². The van der Waals surface area contributed by atoms with E-state index in [1.54, 1.807) is 24.3 Å². The molecule has 7 heteroatoms. The third kappa shape index (κ3) is 5.19. The number of anilines is 1. The maximum atomic E-state index is 12.2. The van der Waals surface area contributed by atoms with Crippen molar-refractivity contribution in [1.82, 2.24) is 10.2 Å². The molecular weight excluding hydrogens is 414 g/mol. The molecule has 0 aliphatic heterocycles. The molecule has 5 nitrogen and oxygen atoms in total. The lowest BCUT2D eigenvalue weighted by atomic mass is 10.1. The van der Waals surface area contributed by atoms with E-state index in [1.165, 1.54) is 4.90 Å². The largest absolute Gasteiger partial charge is 0.407 e. The van der Waals surface area contributed by atoms with Gasteiger partial charge in [-0.1, -0.05) is 47.0 Å². The van der Waals surface area contributed by atoms with Gasteiger partial charge in [0, 0.05) is 20.2 Å². The number of carbonyl (C=O) groups is 1.